The molecule has 0 spiro atoms. The van der Waals surface area contributed by atoms with Gasteiger partial charge in [-0.1, -0.05) is 36.4 Å². The predicted molar refractivity (Wildman–Crippen MR) is 113 cm³/mol. The fraction of sp³-hybridized carbons (Fsp3) is 0.167. The molecule has 0 bridgehead atoms. The second kappa shape index (κ2) is 7.80. The Morgan fingerprint density at radius 3 is 1.93 bits per heavy atom. The van der Waals surface area contributed by atoms with Gasteiger partial charge in [0.2, 0.25) is 0 Å². The first-order valence-corrected chi connectivity index (χ1v) is 9.61. The highest BCUT2D eigenvalue weighted by Crippen LogP contribution is 2.36. The van der Waals surface area contributed by atoms with Crippen LogP contribution in [0.25, 0.3) is 0 Å². The second-order valence-electron chi connectivity index (χ2n) is 7.10. The number of esters is 1. The molecule has 0 aromatic heterocycles. The molecule has 5 nitrogen and oxygen atoms in total. The summed E-state index contributed by atoms with van der Waals surface area (Å²) in [6, 6.07) is 22.2. The summed E-state index contributed by atoms with van der Waals surface area (Å²) in [5.41, 5.74) is 10.4. The Morgan fingerprint density at radius 1 is 0.862 bits per heavy atom. The monoisotopic (exact) mass is 386 g/mol. The van der Waals surface area contributed by atoms with E-state index in [4.69, 9.17) is 10.5 Å². The number of nitrogen functional groups attached to an aromatic ring is 1. The van der Waals surface area contributed by atoms with Crippen LogP contribution in [0.5, 0.6) is 0 Å². The molecule has 1 heterocycles. The van der Waals surface area contributed by atoms with Gasteiger partial charge in [0.15, 0.2) is 6.10 Å². The molecule has 5 heteroatoms. The van der Waals surface area contributed by atoms with E-state index in [1.165, 1.54) is 0 Å². The molecule has 1 amide bonds. The highest BCUT2D eigenvalue weighted by Gasteiger charge is 2.30. The van der Waals surface area contributed by atoms with Crippen LogP contribution in [-0.4, -0.2) is 18.0 Å². The highest BCUT2D eigenvalue weighted by atomic mass is 16.5. The Hall–Kier alpha value is -3.60. The molecule has 1 aliphatic rings. The number of benzene rings is 3. The van der Waals surface area contributed by atoms with E-state index in [1.807, 2.05) is 48.5 Å². The van der Waals surface area contributed by atoms with Crippen molar-refractivity contribution in [2.45, 2.75) is 25.9 Å². The lowest BCUT2D eigenvalue weighted by Gasteiger charge is -2.27. The van der Waals surface area contributed by atoms with E-state index >= 15 is 0 Å². The average Bonchev–Trinajstić information content (AvgIpc) is 2.90. The van der Waals surface area contributed by atoms with E-state index < -0.39 is 12.1 Å². The lowest BCUT2D eigenvalue weighted by molar-refractivity contribution is -0.125. The molecule has 29 heavy (non-hydrogen) atoms. The number of carbonyl (C=O) groups excluding carboxylic acids is 2. The zero-order valence-corrected chi connectivity index (χ0v) is 16.2. The maximum atomic E-state index is 13.4. The first-order chi connectivity index (χ1) is 14.0. The lowest BCUT2D eigenvalue weighted by Crippen LogP contribution is -2.37. The summed E-state index contributed by atoms with van der Waals surface area (Å²) in [5, 5.41) is 0. The Labute approximate surface area is 169 Å². The minimum Gasteiger partial charge on any atom is -0.449 e. The Morgan fingerprint density at radius 2 is 1.38 bits per heavy atom. The number of rotatable bonds is 3. The molecular formula is C24H22N2O3. The average molecular weight is 386 g/mol. The third-order valence-corrected chi connectivity index (χ3v) is 5.13. The zero-order chi connectivity index (χ0) is 20.4. The summed E-state index contributed by atoms with van der Waals surface area (Å²) >= 11 is 0. The molecule has 0 fully saturated rings. The number of hydrogen-bond donors (Lipinski definition) is 1. The summed E-state index contributed by atoms with van der Waals surface area (Å²) in [7, 11) is 0. The van der Waals surface area contributed by atoms with E-state index in [-0.39, 0.29) is 5.91 Å². The number of anilines is 3. The lowest BCUT2D eigenvalue weighted by atomic mass is 10.0. The summed E-state index contributed by atoms with van der Waals surface area (Å²) in [6.07, 6.45) is 0.743. The van der Waals surface area contributed by atoms with E-state index in [1.54, 1.807) is 36.1 Å². The Bertz CT molecular complexity index is 1010. The van der Waals surface area contributed by atoms with Crippen molar-refractivity contribution in [2.24, 2.45) is 0 Å². The molecule has 146 valence electrons. The van der Waals surface area contributed by atoms with E-state index in [9.17, 15) is 9.59 Å². The van der Waals surface area contributed by atoms with Crippen LogP contribution in [0.4, 0.5) is 17.1 Å². The number of nitrogens with two attached hydrogens (primary N) is 1. The van der Waals surface area contributed by atoms with Crippen molar-refractivity contribution in [3.8, 4) is 0 Å². The number of amides is 1. The van der Waals surface area contributed by atoms with Crippen molar-refractivity contribution in [2.75, 3.05) is 10.6 Å². The standard InChI is InChI=1S/C24H22N2O3/c1-16(29-24(28)19-12-14-20(25)15-13-19)23(27)26-21-8-4-2-6-17(21)10-11-18-7-3-5-9-22(18)26/h2-9,12-16H,10-11,25H2,1H3. The Balaban J connectivity index is 1.65. The van der Waals surface area contributed by atoms with Gasteiger partial charge in [0.1, 0.15) is 0 Å². The summed E-state index contributed by atoms with van der Waals surface area (Å²) in [4.78, 5) is 27.6. The van der Waals surface area contributed by atoms with Gasteiger partial charge in [0, 0.05) is 5.69 Å². The zero-order valence-electron chi connectivity index (χ0n) is 16.2. The summed E-state index contributed by atoms with van der Waals surface area (Å²) in [6.45, 7) is 1.60. The maximum absolute atomic E-state index is 13.4. The van der Waals surface area contributed by atoms with Crippen molar-refractivity contribution in [1.82, 2.24) is 0 Å². The van der Waals surface area contributed by atoms with E-state index in [2.05, 4.69) is 0 Å². The van der Waals surface area contributed by atoms with Gasteiger partial charge < -0.3 is 10.5 Å². The smallest absolute Gasteiger partial charge is 0.338 e. The minimum absolute atomic E-state index is 0.282. The molecule has 1 aliphatic heterocycles. The van der Waals surface area contributed by atoms with Crippen molar-refractivity contribution < 1.29 is 14.3 Å². The SMILES string of the molecule is CC(OC(=O)c1ccc(N)cc1)C(=O)N1c2ccccc2CCc2ccccc21. The predicted octanol–water partition coefficient (Wildman–Crippen LogP) is 4.28. The van der Waals surface area contributed by atoms with Crippen LogP contribution in [0.1, 0.15) is 28.4 Å². The molecule has 4 rings (SSSR count). The van der Waals surface area contributed by atoms with Crippen LogP contribution in [0.15, 0.2) is 72.8 Å². The fourth-order valence-corrected chi connectivity index (χ4v) is 3.60. The van der Waals surface area contributed by atoms with Gasteiger partial charge in [-0.25, -0.2) is 4.79 Å². The fourth-order valence-electron chi connectivity index (χ4n) is 3.60. The largest absolute Gasteiger partial charge is 0.449 e. The molecule has 3 aromatic rings. The van der Waals surface area contributed by atoms with Crippen LogP contribution in [-0.2, 0) is 22.4 Å². The number of fused-ring (bicyclic) bond motifs is 2. The normalized spacial score (nSPS) is 13.6. The minimum atomic E-state index is -0.945. The van der Waals surface area contributed by atoms with Crippen LogP contribution in [0.2, 0.25) is 0 Å². The number of ether oxygens (including phenoxy) is 1. The molecular weight excluding hydrogens is 364 g/mol. The maximum Gasteiger partial charge on any atom is 0.338 e. The topological polar surface area (TPSA) is 72.6 Å². The van der Waals surface area contributed by atoms with Gasteiger partial charge in [-0.15, -0.1) is 0 Å². The molecule has 0 radical (unpaired) electrons. The van der Waals surface area contributed by atoms with Gasteiger partial charge in [-0.3, -0.25) is 9.69 Å². The number of aryl methyl sites for hydroxylation is 2. The third kappa shape index (κ3) is 3.72. The molecule has 3 aromatic carbocycles. The molecule has 2 N–H and O–H groups in total. The van der Waals surface area contributed by atoms with Crippen molar-refractivity contribution in [3.63, 3.8) is 0 Å². The van der Waals surface area contributed by atoms with E-state index in [0.717, 1.165) is 35.3 Å². The first kappa shape index (κ1) is 18.7. The van der Waals surface area contributed by atoms with Crippen LogP contribution in [0, 0.1) is 0 Å². The van der Waals surface area contributed by atoms with Crippen LogP contribution < -0.4 is 10.6 Å². The second-order valence-corrected chi connectivity index (χ2v) is 7.10. The third-order valence-electron chi connectivity index (χ3n) is 5.13. The van der Waals surface area contributed by atoms with Crippen molar-refractivity contribution in [1.29, 1.82) is 0 Å². The molecule has 0 aliphatic carbocycles. The van der Waals surface area contributed by atoms with Crippen molar-refractivity contribution in [3.05, 3.63) is 89.5 Å². The van der Waals surface area contributed by atoms with E-state index in [0.29, 0.717) is 11.3 Å². The molecule has 1 atom stereocenters. The quantitative estimate of drug-likeness (QED) is 0.539. The van der Waals surface area contributed by atoms with Gasteiger partial charge in [0.25, 0.3) is 5.91 Å². The molecule has 0 saturated carbocycles. The van der Waals surface area contributed by atoms with Gasteiger partial charge in [-0.05, 0) is 67.3 Å². The van der Waals surface area contributed by atoms with Crippen molar-refractivity contribution >= 4 is 28.9 Å². The number of hydrogen-bond acceptors (Lipinski definition) is 4. The number of carbonyl (C=O) groups is 2. The van der Waals surface area contributed by atoms with Gasteiger partial charge in [0.05, 0.1) is 16.9 Å². The van der Waals surface area contributed by atoms with Crippen LogP contribution in [0.3, 0.4) is 0 Å². The molecule has 0 saturated heterocycles. The summed E-state index contributed by atoms with van der Waals surface area (Å²) < 4.78 is 5.49. The van der Waals surface area contributed by atoms with Gasteiger partial charge in [-0.2, -0.15) is 0 Å². The number of para-hydroxylation sites is 2. The Kier molecular flexibility index (Phi) is 5.04. The van der Waals surface area contributed by atoms with Crippen LogP contribution >= 0.6 is 0 Å². The first-order valence-electron chi connectivity index (χ1n) is 9.61. The van der Waals surface area contributed by atoms with Gasteiger partial charge >= 0.3 is 5.97 Å². The number of nitrogens with zero attached hydrogens (tertiary/aromatic N) is 1. The molecule has 1 unspecified atom stereocenters. The highest BCUT2D eigenvalue weighted by molar-refractivity contribution is 6.05. The summed E-state index contributed by atoms with van der Waals surface area (Å²) in [5.74, 6) is -0.835.